The number of hydrogen-bond acceptors (Lipinski definition) is 6. The molecule has 2 aromatic rings. The molecule has 0 atom stereocenters. The Hall–Kier alpha value is -2.50. The zero-order valence-corrected chi connectivity index (χ0v) is 17.6. The Balaban J connectivity index is 1.55. The highest BCUT2D eigenvalue weighted by molar-refractivity contribution is 7.87. The second-order valence-corrected chi connectivity index (χ2v) is 8.53. The van der Waals surface area contributed by atoms with Crippen LogP contribution in [0.3, 0.4) is 0 Å². The molecule has 1 fully saturated rings. The van der Waals surface area contributed by atoms with Crippen LogP contribution in [0.25, 0.3) is 5.82 Å². The summed E-state index contributed by atoms with van der Waals surface area (Å²) in [4.78, 5) is 17.6. The Labute approximate surface area is 170 Å². The molecule has 1 saturated heterocycles. The van der Waals surface area contributed by atoms with Gasteiger partial charge in [-0.05, 0) is 38.5 Å². The van der Waals surface area contributed by atoms with E-state index in [0.29, 0.717) is 25.5 Å². The lowest BCUT2D eigenvalue weighted by Crippen LogP contribution is -2.53. The molecule has 29 heavy (non-hydrogen) atoms. The van der Waals surface area contributed by atoms with E-state index in [1.807, 2.05) is 26.0 Å². The molecular formula is C18H26N6O4S. The number of piperazine rings is 1. The van der Waals surface area contributed by atoms with Crippen molar-refractivity contribution < 1.29 is 17.9 Å². The smallest absolute Gasteiger partial charge is 0.409 e. The molecular weight excluding hydrogens is 396 g/mol. The van der Waals surface area contributed by atoms with E-state index < -0.39 is 16.3 Å². The molecule has 0 saturated carbocycles. The summed E-state index contributed by atoms with van der Waals surface area (Å²) in [6.07, 6.45) is 1.22. The predicted octanol–water partition coefficient (Wildman–Crippen LogP) is 0.993. The Bertz CT molecular complexity index is 949. The summed E-state index contributed by atoms with van der Waals surface area (Å²) < 4.78 is 35.7. The van der Waals surface area contributed by atoms with Crippen molar-refractivity contribution in [1.29, 1.82) is 0 Å². The third-order valence-electron chi connectivity index (χ3n) is 4.60. The topological polar surface area (TPSA) is 110 Å². The van der Waals surface area contributed by atoms with Crippen LogP contribution in [0.4, 0.5) is 4.79 Å². The lowest BCUT2D eigenvalue weighted by atomic mass is 10.3. The van der Waals surface area contributed by atoms with Crippen LogP contribution in [-0.2, 0) is 21.5 Å². The van der Waals surface area contributed by atoms with Crippen molar-refractivity contribution in [1.82, 2.24) is 28.7 Å². The minimum absolute atomic E-state index is 0.130. The number of ether oxygens (including phenoxy) is 1. The molecule has 158 valence electrons. The monoisotopic (exact) mass is 422 g/mol. The number of aromatic nitrogens is 3. The van der Waals surface area contributed by atoms with Crippen molar-refractivity contribution in [2.75, 3.05) is 32.8 Å². The molecule has 0 bridgehead atoms. The van der Waals surface area contributed by atoms with Crippen LogP contribution in [0.15, 0.2) is 24.4 Å². The average molecular weight is 423 g/mol. The first-order valence-corrected chi connectivity index (χ1v) is 10.9. The maximum Gasteiger partial charge on any atom is 0.409 e. The second kappa shape index (κ2) is 8.89. The van der Waals surface area contributed by atoms with Gasteiger partial charge in [0.1, 0.15) is 0 Å². The van der Waals surface area contributed by atoms with Gasteiger partial charge in [0.25, 0.3) is 10.2 Å². The molecule has 0 spiro atoms. The quantitative estimate of drug-likeness (QED) is 0.744. The zero-order valence-electron chi connectivity index (χ0n) is 16.8. The van der Waals surface area contributed by atoms with Crippen molar-refractivity contribution in [3.05, 3.63) is 41.3 Å². The number of hydrogen-bond donors (Lipinski definition) is 1. The highest BCUT2D eigenvalue weighted by Gasteiger charge is 2.29. The van der Waals surface area contributed by atoms with Gasteiger partial charge >= 0.3 is 6.09 Å². The minimum Gasteiger partial charge on any atom is -0.450 e. The van der Waals surface area contributed by atoms with E-state index in [1.54, 1.807) is 23.9 Å². The Morgan fingerprint density at radius 2 is 1.93 bits per heavy atom. The SMILES string of the molecule is CCOC(=O)N1CCN(S(=O)(=O)NCc2ccc(-n3nc(C)cc3C)nc2)CC1. The summed E-state index contributed by atoms with van der Waals surface area (Å²) in [5.74, 6) is 0.678. The van der Waals surface area contributed by atoms with Gasteiger partial charge in [-0.1, -0.05) is 6.07 Å². The van der Waals surface area contributed by atoms with Gasteiger partial charge in [-0.25, -0.2) is 14.5 Å². The number of aryl methyl sites for hydroxylation is 2. The summed E-state index contributed by atoms with van der Waals surface area (Å²) in [6, 6.07) is 5.59. The van der Waals surface area contributed by atoms with Crippen molar-refractivity contribution in [3.8, 4) is 5.82 Å². The summed E-state index contributed by atoms with van der Waals surface area (Å²) in [5, 5.41) is 4.39. The van der Waals surface area contributed by atoms with Crippen molar-refractivity contribution in [2.45, 2.75) is 27.3 Å². The van der Waals surface area contributed by atoms with Crippen LogP contribution in [-0.4, -0.2) is 71.3 Å². The van der Waals surface area contributed by atoms with Crippen molar-refractivity contribution in [2.24, 2.45) is 0 Å². The number of rotatable bonds is 6. The summed E-state index contributed by atoms with van der Waals surface area (Å²) in [5.41, 5.74) is 2.62. The normalized spacial score (nSPS) is 15.5. The molecule has 1 N–H and O–H groups in total. The third-order valence-corrected chi connectivity index (χ3v) is 6.15. The predicted molar refractivity (Wildman–Crippen MR) is 107 cm³/mol. The number of carbonyl (C=O) groups is 1. The van der Waals surface area contributed by atoms with E-state index in [-0.39, 0.29) is 19.6 Å². The van der Waals surface area contributed by atoms with Gasteiger partial charge in [-0.3, -0.25) is 0 Å². The van der Waals surface area contributed by atoms with Crippen LogP contribution in [0.1, 0.15) is 23.9 Å². The third kappa shape index (κ3) is 5.11. The van der Waals surface area contributed by atoms with Crippen LogP contribution in [0.2, 0.25) is 0 Å². The van der Waals surface area contributed by atoms with Gasteiger partial charge in [-0.2, -0.15) is 22.5 Å². The van der Waals surface area contributed by atoms with Gasteiger partial charge in [0.15, 0.2) is 5.82 Å². The first-order valence-electron chi connectivity index (χ1n) is 9.45. The standard InChI is InChI=1S/C18H26N6O4S/c1-4-28-18(25)22-7-9-23(10-8-22)29(26,27)20-13-16-5-6-17(19-12-16)24-15(3)11-14(2)21-24/h5-6,11-12,20H,4,7-10,13H2,1-3H3. The van der Waals surface area contributed by atoms with Crippen LogP contribution < -0.4 is 4.72 Å². The van der Waals surface area contributed by atoms with E-state index in [9.17, 15) is 13.2 Å². The largest absolute Gasteiger partial charge is 0.450 e. The Morgan fingerprint density at radius 1 is 1.21 bits per heavy atom. The van der Waals surface area contributed by atoms with Gasteiger partial charge in [0, 0.05) is 44.6 Å². The maximum atomic E-state index is 12.5. The van der Waals surface area contributed by atoms with E-state index in [1.165, 1.54) is 9.21 Å². The highest BCUT2D eigenvalue weighted by atomic mass is 32.2. The average Bonchev–Trinajstić information content (AvgIpc) is 3.05. The van der Waals surface area contributed by atoms with E-state index in [2.05, 4.69) is 14.8 Å². The van der Waals surface area contributed by atoms with E-state index in [4.69, 9.17) is 4.74 Å². The zero-order chi connectivity index (χ0) is 21.0. The molecule has 0 unspecified atom stereocenters. The van der Waals surface area contributed by atoms with Crippen LogP contribution in [0, 0.1) is 13.8 Å². The highest BCUT2D eigenvalue weighted by Crippen LogP contribution is 2.12. The summed E-state index contributed by atoms with van der Waals surface area (Å²) in [6.45, 7) is 7.09. The number of nitrogens with zero attached hydrogens (tertiary/aromatic N) is 5. The van der Waals surface area contributed by atoms with Gasteiger partial charge in [0.05, 0.1) is 12.3 Å². The number of pyridine rings is 1. The van der Waals surface area contributed by atoms with E-state index >= 15 is 0 Å². The Morgan fingerprint density at radius 3 is 2.48 bits per heavy atom. The van der Waals surface area contributed by atoms with Crippen molar-refractivity contribution >= 4 is 16.3 Å². The molecule has 0 aromatic carbocycles. The molecule has 0 radical (unpaired) electrons. The lowest BCUT2D eigenvalue weighted by molar-refractivity contribution is 0.0932. The van der Waals surface area contributed by atoms with Gasteiger partial charge in [-0.15, -0.1) is 0 Å². The molecule has 3 rings (SSSR count). The molecule has 1 amide bonds. The fourth-order valence-corrected chi connectivity index (χ4v) is 4.27. The minimum atomic E-state index is -3.65. The fraction of sp³-hybridized carbons (Fsp3) is 0.500. The molecule has 3 heterocycles. The molecule has 11 heteroatoms. The van der Waals surface area contributed by atoms with Gasteiger partial charge < -0.3 is 9.64 Å². The second-order valence-electron chi connectivity index (χ2n) is 6.77. The first kappa shape index (κ1) is 21.2. The number of amides is 1. The lowest BCUT2D eigenvalue weighted by Gasteiger charge is -2.33. The summed E-state index contributed by atoms with van der Waals surface area (Å²) in [7, 11) is -3.65. The molecule has 10 nitrogen and oxygen atoms in total. The summed E-state index contributed by atoms with van der Waals surface area (Å²) >= 11 is 0. The van der Waals surface area contributed by atoms with Crippen molar-refractivity contribution in [3.63, 3.8) is 0 Å². The van der Waals surface area contributed by atoms with Crippen LogP contribution >= 0.6 is 0 Å². The maximum absolute atomic E-state index is 12.5. The molecule has 2 aromatic heterocycles. The van der Waals surface area contributed by atoms with E-state index in [0.717, 1.165) is 17.0 Å². The molecule has 0 aliphatic carbocycles. The molecule has 1 aliphatic rings. The van der Waals surface area contributed by atoms with Gasteiger partial charge in [0.2, 0.25) is 0 Å². The number of nitrogens with one attached hydrogen (secondary N) is 1. The Kier molecular flexibility index (Phi) is 6.50. The first-order chi connectivity index (χ1) is 13.8. The molecule has 1 aliphatic heterocycles. The fourth-order valence-electron chi connectivity index (χ4n) is 3.10. The van der Waals surface area contributed by atoms with Crippen LogP contribution in [0.5, 0.6) is 0 Å². The number of carbonyl (C=O) groups excluding carboxylic acids is 1.